The molecule has 0 spiro atoms. The first-order valence-electron chi connectivity index (χ1n) is 9.34. The molecule has 0 aromatic carbocycles. The topological polar surface area (TPSA) is 50.4 Å². The number of carbonyl (C=O) groups is 1. The predicted octanol–water partition coefficient (Wildman–Crippen LogP) is 3.29. The van der Waals surface area contributed by atoms with Gasteiger partial charge >= 0.3 is 0 Å². The largest absolute Gasteiger partial charge is 0.378 e. The van der Waals surface area contributed by atoms with Gasteiger partial charge in [0.05, 0.1) is 6.10 Å². The molecule has 2 atom stereocenters. The Morgan fingerprint density at radius 3 is 2.70 bits per heavy atom. The molecule has 0 radical (unpaired) electrons. The molecule has 4 nitrogen and oxygen atoms in total. The number of carbonyl (C=O) groups excluding carboxylic acids is 1. The van der Waals surface area contributed by atoms with Crippen molar-refractivity contribution in [3.63, 3.8) is 0 Å². The average molecular weight is 347 g/mol. The van der Waals surface area contributed by atoms with Crippen molar-refractivity contribution < 1.29 is 9.53 Å². The summed E-state index contributed by atoms with van der Waals surface area (Å²) in [6.45, 7) is 5.96. The molecular formula is C18H35ClN2O2. The molecule has 5 heteroatoms. The van der Waals surface area contributed by atoms with E-state index in [1.54, 1.807) is 0 Å². The van der Waals surface area contributed by atoms with Gasteiger partial charge in [-0.2, -0.15) is 0 Å². The monoisotopic (exact) mass is 346 g/mol. The zero-order chi connectivity index (χ0) is 15.6. The third-order valence-electron chi connectivity index (χ3n) is 5.20. The molecule has 1 saturated carbocycles. The predicted molar refractivity (Wildman–Crippen MR) is 97.1 cm³/mol. The molecule has 1 heterocycles. The lowest BCUT2D eigenvalue weighted by molar-refractivity contribution is -0.122. The Bertz CT molecular complexity index is 316. The van der Waals surface area contributed by atoms with Crippen molar-refractivity contribution in [2.24, 2.45) is 11.8 Å². The highest BCUT2D eigenvalue weighted by atomic mass is 35.5. The zero-order valence-electron chi connectivity index (χ0n) is 14.6. The molecule has 2 unspecified atom stereocenters. The lowest BCUT2D eigenvalue weighted by Crippen LogP contribution is -2.35. The van der Waals surface area contributed by atoms with Gasteiger partial charge in [0.1, 0.15) is 0 Å². The van der Waals surface area contributed by atoms with Gasteiger partial charge in [-0.3, -0.25) is 4.79 Å². The number of hydrogen-bond acceptors (Lipinski definition) is 3. The van der Waals surface area contributed by atoms with E-state index >= 15 is 0 Å². The summed E-state index contributed by atoms with van der Waals surface area (Å²) in [5.41, 5.74) is 0. The van der Waals surface area contributed by atoms with Crippen LogP contribution in [0.3, 0.4) is 0 Å². The maximum atomic E-state index is 12.0. The summed E-state index contributed by atoms with van der Waals surface area (Å²) in [6.07, 6.45) is 11.0. The van der Waals surface area contributed by atoms with Gasteiger partial charge in [-0.1, -0.05) is 26.2 Å². The van der Waals surface area contributed by atoms with Crippen molar-refractivity contribution in [1.82, 2.24) is 10.6 Å². The molecule has 1 aliphatic heterocycles. The van der Waals surface area contributed by atoms with E-state index in [1.807, 2.05) is 0 Å². The highest BCUT2D eigenvalue weighted by molar-refractivity contribution is 5.85. The lowest BCUT2D eigenvalue weighted by atomic mass is 9.85. The van der Waals surface area contributed by atoms with Gasteiger partial charge in [0.2, 0.25) is 5.91 Å². The van der Waals surface area contributed by atoms with Gasteiger partial charge in [0.15, 0.2) is 0 Å². The molecule has 2 aliphatic rings. The molecule has 2 fully saturated rings. The first-order valence-corrected chi connectivity index (χ1v) is 9.34. The summed E-state index contributed by atoms with van der Waals surface area (Å²) in [5.74, 6) is 1.34. The van der Waals surface area contributed by atoms with Gasteiger partial charge in [0, 0.05) is 19.6 Å². The van der Waals surface area contributed by atoms with Crippen LogP contribution >= 0.6 is 12.4 Å². The molecule has 2 N–H and O–H groups in total. The van der Waals surface area contributed by atoms with E-state index < -0.39 is 0 Å². The number of amides is 1. The van der Waals surface area contributed by atoms with Crippen LogP contribution in [0.25, 0.3) is 0 Å². The Morgan fingerprint density at radius 1 is 1.22 bits per heavy atom. The standard InChI is InChI=1S/C18H34N2O2.ClH/c1-15(16-7-5-10-19-14-16)13-18(21)20-11-6-12-22-17-8-3-2-4-9-17;/h15-17,19H,2-14H2,1H3,(H,20,21);1H. The molecule has 23 heavy (non-hydrogen) atoms. The third-order valence-corrected chi connectivity index (χ3v) is 5.20. The maximum absolute atomic E-state index is 12.0. The molecule has 1 saturated heterocycles. The van der Waals surface area contributed by atoms with Crippen LogP contribution in [0.5, 0.6) is 0 Å². The van der Waals surface area contributed by atoms with E-state index in [0.29, 0.717) is 24.4 Å². The van der Waals surface area contributed by atoms with E-state index in [0.717, 1.165) is 32.7 Å². The molecule has 136 valence electrons. The summed E-state index contributed by atoms with van der Waals surface area (Å²) >= 11 is 0. The number of rotatable bonds is 8. The molecule has 2 rings (SSSR count). The maximum Gasteiger partial charge on any atom is 0.220 e. The minimum absolute atomic E-state index is 0. The van der Waals surface area contributed by atoms with Gasteiger partial charge < -0.3 is 15.4 Å². The van der Waals surface area contributed by atoms with Crippen LogP contribution in [0.4, 0.5) is 0 Å². The van der Waals surface area contributed by atoms with Crippen LogP contribution in [0.1, 0.15) is 64.7 Å². The number of halogens is 1. The van der Waals surface area contributed by atoms with E-state index in [9.17, 15) is 4.79 Å². The van der Waals surface area contributed by atoms with Gasteiger partial charge in [-0.25, -0.2) is 0 Å². The number of hydrogen-bond donors (Lipinski definition) is 2. The number of nitrogens with one attached hydrogen (secondary N) is 2. The minimum Gasteiger partial charge on any atom is -0.378 e. The first kappa shape index (κ1) is 20.7. The van der Waals surface area contributed by atoms with E-state index in [2.05, 4.69) is 17.6 Å². The summed E-state index contributed by atoms with van der Waals surface area (Å²) in [4.78, 5) is 12.0. The highest BCUT2D eigenvalue weighted by Gasteiger charge is 2.21. The second-order valence-electron chi connectivity index (χ2n) is 7.12. The fourth-order valence-corrected chi connectivity index (χ4v) is 3.68. The number of piperidine rings is 1. The summed E-state index contributed by atoms with van der Waals surface area (Å²) in [5, 5.41) is 6.48. The molecular weight excluding hydrogens is 312 g/mol. The minimum atomic E-state index is 0. The van der Waals surface area contributed by atoms with Gasteiger partial charge in [0.25, 0.3) is 0 Å². The van der Waals surface area contributed by atoms with Crippen molar-refractivity contribution in [1.29, 1.82) is 0 Å². The smallest absolute Gasteiger partial charge is 0.220 e. The van der Waals surface area contributed by atoms with Gasteiger partial charge in [-0.15, -0.1) is 12.4 Å². The van der Waals surface area contributed by atoms with Crippen LogP contribution in [0.15, 0.2) is 0 Å². The van der Waals surface area contributed by atoms with E-state index in [-0.39, 0.29) is 18.3 Å². The van der Waals surface area contributed by atoms with Crippen LogP contribution in [0.2, 0.25) is 0 Å². The quantitative estimate of drug-likeness (QED) is 0.663. The summed E-state index contributed by atoms with van der Waals surface area (Å²) in [7, 11) is 0. The van der Waals surface area contributed by atoms with Crippen LogP contribution in [0, 0.1) is 11.8 Å². The Balaban J connectivity index is 0.00000264. The SMILES string of the molecule is CC(CC(=O)NCCCOC1CCCCC1)C1CCCNC1.Cl. The fraction of sp³-hybridized carbons (Fsp3) is 0.944. The summed E-state index contributed by atoms with van der Waals surface area (Å²) < 4.78 is 5.88. The summed E-state index contributed by atoms with van der Waals surface area (Å²) in [6, 6.07) is 0. The Kier molecular flexibility index (Phi) is 10.9. The van der Waals surface area contributed by atoms with E-state index in [1.165, 1.54) is 44.9 Å². The Hall–Kier alpha value is -0.320. The van der Waals surface area contributed by atoms with Crippen molar-refractivity contribution >= 4 is 18.3 Å². The van der Waals surface area contributed by atoms with Crippen molar-refractivity contribution in [3.8, 4) is 0 Å². The van der Waals surface area contributed by atoms with Crippen LogP contribution in [-0.4, -0.2) is 38.3 Å². The molecule has 1 amide bonds. The third kappa shape index (κ3) is 8.37. The van der Waals surface area contributed by atoms with Crippen LogP contribution in [-0.2, 0) is 9.53 Å². The van der Waals surface area contributed by atoms with Crippen LogP contribution < -0.4 is 10.6 Å². The van der Waals surface area contributed by atoms with Gasteiger partial charge in [-0.05, 0) is 57.0 Å². The molecule has 0 aromatic heterocycles. The van der Waals surface area contributed by atoms with Crippen molar-refractivity contribution in [2.75, 3.05) is 26.2 Å². The second-order valence-corrected chi connectivity index (χ2v) is 7.12. The van der Waals surface area contributed by atoms with E-state index in [4.69, 9.17) is 4.74 Å². The zero-order valence-corrected chi connectivity index (χ0v) is 15.5. The Morgan fingerprint density at radius 2 is 2.00 bits per heavy atom. The average Bonchev–Trinajstić information content (AvgIpc) is 2.56. The molecule has 0 aromatic rings. The first-order chi connectivity index (χ1) is 10.8. The highest BCUT2D eigenvalue weighted by Crippen LogP contribution is 2.22. The molecule has 1 aliphatic carbocycles. The number of ether oxygens (including phenoxy) is 1. The van der Waals surface area contributed by atoms with Crippen molar-refractivity contribution in [2.45, 2.75) is 70.8 Å². The lowest BCUT2D eigenvalue weighted by Gasteiger charge is -2.28. The second kappa shape index (κ2) is 12.1. The normalized spacial score (nSPS) is 23.8. The molecule has 0 bridgehead atoms. The van der Waals surface area contributed by atoms with Crippen molar-refractivity contribution in [3.05, 3.63) is 0 Å². The fourth-order valence-electron chi connectivity index (χ4n) is 3.68. The Labute approximate surface area is 147 Å².